The summed E-state index contributed by atoms with van der Waals surface area (Å²) in [5.41, 5.74) is 4.93. The molecule has 2 atom stereocenters. The zero-order chi connectivity index (χ0) is 27.9. The Labute approximate surface area is 249 Å². The molecule has 5 fully saturated rings. The van der Waals surface area contributed by atoms with Gasteiger partial charge in [0.15, 0.2) is 0 Å². The lowest BCUT2D eigenvalue weighted by Gasteiger charge is -2.58. The Bertz CT molecular complexity index is 1270. The Morgan fingerprint density at radius 3 is 1.77 bits per heavy atom. The highest BCUT2D eigenvalue weighted by atomic mass is 32.7. The van der Waals surface area contributed by atoms with E-state index in [-0.39, 0.29) is 17.7 Å². The molecule has 4 heteroatoms. The van der Waals surface area contributed by atoms with Gasteiger partial charge in [-0.05, 0) is 90.1 Å². The molecule has 2 aromatic carbocycles. The van der Waals surface area contributed by atoms with Crippen molar-refractivity contribution in [2.45, 2.75) is 102 Å². The Morgan fingerprint density at radius 1 is 0.775 bits per heavy atom. The van der Waals surface area contributed by atoms with Crippen molar-refractivity contribution < 1.29 is 4.43 Å². The van der Waals surface area contributed by atoms with Crippen molar-refractivity contribution in [2.24, 2.45) is 23.2 Å². The fourth-order valence-corrected chi connectivity index (χ4v) is 21.9. The Morgan fingerprint density at radius 2 is 1.27 bits per heavy atom. The van der Waals surface area contributed by atoms with Crippen LogP contribution in [0.4, 0.5) is 0 Å². The van der Waals surface area contributed by atoms with Gasteiger partial charge in [-0.1, -0.05) is 114 Å². The van der Waals surface area contributed by atoms with Crippen molar-refractivity contribution in [1.82, 2.24) is 0 Å². The molecule has 0 N–H and O–H groups in total. The SMILES string of the molecule is CC(C)[Si](O/C(=C1\P2SC(c3ccccc3)=CC12c1ccccc1)C12CC3CC(CC(C3)C1)C2)(C(C)C)C(C)C. The van der Waals surface area contributed by atoms with Gasteiger partial charge in [0, 0.05) is 22.8 Å². The number of benzene rings is 2. The van der Waals surface area contributed by atoms with Gasteiger partial charge in [0.25, 0.3) is 8.32 Å². The van der Waals surface area contributed by atoms with E-state index in [1.807, 2.05) is 0 Å². The van der Waals surface area contributed by atoms with Crippen LogP contribution in [-0.4, -0.2) is 8.32 Å². The van der Waals surface area contributed by atoms with Crippen LogP contribution in [0.1, 0.15) is 91.2 Å². The maximum atomic E-state index is 8.05. The van der Waals surface area contributed by atoms with Crippen LogP contribution in [-0.2, 0) is 9.58 Å². The van der Waals surface area contributed by atoms with Crippen molar-refractivity contribution in [3.63, 3.8) is 0 Å². The predicted octanol–water partition coefficient (Wildman–Crippen LogP) is 11.7. The smallest absolute Gasteiger partial charge is 0.258 e. The molecule has 0 amide bonds. The molecule has 1 saturated heterocycles. The lowest BCUT2D eigenvalue weighted by molar-refractivity contribution is -0.0496. The third-order valence-corrected chi connectivity index (χ3v) is 22.6. The second kappa shape index (κ2) is 9.89. The molecule has 4 saturated carbocycles. The van der Waals surface area contributed by atoms with E-state index >= 15 is 0 Å². The first-order chi connectivity index (χ1) is 19.2. The maximum absolute atomic E-state index is 8.05. The summed E-state index contributed by atoms with van der Waals surface area (Å²) in [6.45, 7) is 14.8. The maximum Gasteiger partial charge on any atom is 0.258 e. The van der Waals surface area contributed by atoms with Crippen molar-refractivity contribution in [3.8, 4) is 0 Å². The molecule has 2 aromatic rings. The van der Waals surface area contributed by atoms with Gasteiger partial charge < -0.3 is 4.43 Å². The van der Waals surface area contributed by atoms with Crippen LogP contribution in [0.3, 0.4) is 0 Å². The van der Waals surface area contributed by atoms with Gasteiger partial charge >= 0.3 is 0 Å². The first kappa shape index (κ1) is 27.5. The molecule has 0 radical (unpaired) electrons. The molecule has 4 bridgehead atoms. The highest BCUT2D eigenvalue weighted by Crippen LogP contribution is 2.97. The van der Waals surface area contributed by atoms with Crippen LogP contribution in [0.15, 0.2) is 77.8 Å². The van der Waals surface area contributed by atoms with Crippen molar-refractivity contribution >= 4 is 31.7 Å². The summed E-state index contributed by atoms with van der Waals surface area (Å²) in [6.07, 6.45) is 11.3. The zero-order valence-corrected chi connectivity index (χ0v) is 28.0. The molecular formula is C36H47OPSSi. The molecule has 6 aliphatic rings. The Kier molecular flexibility index (Phi) is 6.81. The summed E-state index contributed by atoms with van der Waals surface area (Å²) in [7, 11) is -2.49. The van der Waals surface area contributed by atoms with E-state index in [9.17, 15) is 0 Å². The van der Waals surface area contributed by atoms with Crippen LogP contribution in [0.25, 0.3) is 4.91 Å². The Hall–Kier alpha value is -1.28. The quantitative estimate of drug-likeness (QED) is 0.173. The van der Waals surface area contributed by atoms with Crippen molar-refractivity contribution in [1.29, 1.82) is 0 Å². The van der Waals surface area contributed by atoms with Crippen LogP contribution in [0.5, 0.6) is 0 Å². The van der Waals surface area contributed by atoms with E-state index in [1.54, 1.807) is 11.1 Å². The lowest BCUT2D eigenvalue weighted by Crippen LogP contribution is -2.53. The highest BCUT2D eigenvalue weighted by Gasteiger charge is 2.69. The summed E-state index contributed by atoms with van der Waals surface area (Å²) >= 11 is 2.18. The molecule has 2 unspecified atom stereocenters. The topological polar surface area (TPSA) is 9.23 Å². The lowest BCUT2D eigenvalue weighted by atomic mass is 9.49. The van der Waals surface area contributed by atoms with Gasteiger partial charge in [0.2, 0.25) is 0 Å². The van der Waals surface area contributed by atoms with E-state index in [0.717, 1.165) is 17.8 Å². The predicted molar refractivity (Wildman–Crippen MR) is 177 cm³/mol. The molecule has 2 aliphatic heterocycles. The van der Waals surface area contributed by atoms with E-state index in [1.165, 1.54) is 54.6 Å². The number of hydrogen-bond acceptors (Lipinski definition) is 2. The monoisotopic (exact) mass is 586 g/mol. The molecule has 2 heterocycles. The second-order valence-electron chi connectivity index (χ2n) is 14.7. The minimum absolute atomic E-state index is 0.0379. The molecule has 8 rings (SSSR count). The third-order valence-electron chi connectivity index (χ3n) is 11.4. The van der Waals surface area contributed by atoms with E-state index in [2.05, 4.69) is 120 Å². The first-order valence-electron chi connectivity index (χ1n) is 16.0. The minimum Gasteiger partial charge on any atom is -0.545 e. The van der Waals surface area contributed by atoms with Gasteiger partial charge in [-0.2, -0.15) is 0 Å². The third kappa shape index (κ3) is 4.04. The van der Waals surface area contributed by atoms with Gasteiger partial charge in [-0.3, -0.25) is 0 Å². The van der Waals surface area contributed by atoms with Crippen molar-refractivity contribution in [3.05, 3.63) is 88.9 Å². The highest BCUT2D eigenvalue weighted by molar-refractivity contribution is 8.64. The summed E-state index contributed by atoms with van der Waals surface area (Å²) in [4.78, 5) is 1.48. The molecule has 0 spiro atoms. The fourth-order valence-electron chi connectivity index (χ4n) is 10.2. The van der Waals surface area contributed by atoms with E-state index in [0.29, 0.717) is 16.6 Å². The first-order valence-corrected chi connectivity index (χ1v) is 20.9. The second-order valence-corrected chi connectivity index (χ2v) is 24.1. The Balaban J connectivity index is 1.44. The standard InChI is InChI=1S/C36H47OPSSi/c1-24(2)40(25(3)4,26(5)6)37-33(35-20-27-17-28(21-35)19-29(18-27)22-35)34-36(31-15-11-8-12-16-31)23-32(39-38(34)36)30-13-9-7-10-14-30/h7-16,23-29H,17-22H2,1-6H3/b34-33-. The number of hydrogen-bond donors (Lipinski definition) is 0. The number of fused-ring (bicyclic) bond motifs is 1. The molecule has 1 nitrogen and oxygen atoms in total. The van der Waals surface area contributed by atoms with E-state index in [4.69, 9.17) is 4.43 Å². The summed E-state index contributed by atoms with van der Waals surface area (Å²) in [5, 5.41) is 1.76. The normalized spacial score (nSPS) is 35.4. The van der Waals surface area contributed by atoms with Crippen LogP contribution < -0.4 is 0 Å². The molecule has 0 aromatic heterocycles. The van der Waals surface area contributed by atoms with Gasteiger partial charge in [0.1, 0.15) is 0 Å². The van der Waals surface area contributed by atoms with Gasteiger partial charge in [-0.25, -0.2) is 0 Å². The summed E-state index contributed by atoms with van der Waals surface area (Å²) in [6, 6.07) is 22.6. The largest absolute Gasteiger partial charge is 0.545 e. The van der Waals surface area contributed by atoms with Crippen LogP contribution in [0.2, 0.25) is 16.6 Å². The minimum atomic E-state index is -2.11. The zero-order valence-electron chi connectivity index (χ0n) is 25.3. The van der Waals surface area contributed by atoms with Gasteiger partial charge in [-0.15, -0.1) is 0 Å². The number of rotatable bonds is 8. The number of allylic oxidation sites excluding steroid dienone is 3. The average Bonchev–Trinajstić information content (AvgIpc) is 3.35. The van der Waals surface area contributed by atoms with Crippen molar-refractivity contribution in [2.75, 3.05) is 0 Å². The van der Waals surface area contributed by atoms with Gasteiger partial charge in [0.05, 0.1) is 10.9 Å². The van der Waals surface area contributed by atoms with Crippen LogP contribution >= 0.6 is 18.5 Å². The average molecular weight is 587 g/mol. The molecule has 4 aliphatic carbocycles. The summed E-state index contributed by atoms with van der Waals surface area (Å²) < 4.78 is 8.05. The molecule has 212 valence electrons. The molecule has 40 heavy (non-hydrogen) atoms. The van der Waals surface area contributed by atoms with E-state index < -0.39 is 8.32 Å². The fraction of sp³-hybridized carbons (Fsp3) is 0.556. The summed E-state index contributed by atoms with van der Waals surface area (Å²) in [5.74, 6) is 4.29. The molecular weight excluding hydrogens is 540 g/mol. The van der Waals surface area contributed by atoms with Crippen LogP contribution in [0, 0.1) is 23.2 Å².